The number of rotatable bonds is 5. The SMILES string of the molecule is CCC(C)c1c(Br)nc(-n2cccn2)nc1NCC(F)(F)F. The van der Waals surface area contributed by atoms with Crippen LogP contribution in [0, 0.1) is 0 Å². The van der Waals surface area contributed by atoms with Crippen molar-refractivity contribution in [1.82, 2.24) is 19.7 Å². The molecule has 0 aromatic carbocycles. The van der Waals surface area contributed by atoms with E-state index in [9.17, 15) is 13.2 Å². The lowest BCUT2D eigenvalue weighted by molar-refractivity contribution is -0.115. The van der Waals surface area contributed by atoms with Crippen LogP contribution in [0.25, 0.3) is 5.95 Å². The van der Waals surface area contributed by atoms with Crippen LogP contribution in [0.2, 0.25) is 0 Å². The van der Waals surface area contributed by atoms with E-state index >= 15 is 0 Å². The summed E-state index contributed by atoms with van der Waals surface area (Å²) in [6.45, 7) is 2.71. The molecule has 120 valence electrons. The van der Waals surface area contributed by atoms with Crippen LogP contribution < -0.4 is 5.32 Å². The first-order chi connectivity index (χ1) is 10.3. The Kier molecular flexibility index (Phi) is 5.05. The van der Waals surface area contributed by atoms with Crippen LogP contribution in [0.4, 0.5) is 19.0 Å². The van der Waals surface area contributed by atoms with E-state index in [4.69, 9.17) is 0 Å². The summed E-state index contributed by atoms with van der Waals surface area (Å²) in [6, 6.07) is 1.68. The fraction of sp³-hybridized carbons (Fsp3) is 0.462. The zero-order valence-corrected chi connectivity index (χ0v) is 13.6. The molecular formula is C13H15BrF3N5. The molecule has 1 unspecified atom stereocenters. The van der Waals surface area contributed by atoms with E-state index in [1.165, 1.54) is 4.68 Å². The Morgan fingerprint density at radius 2 is 2.09 bits per heavy atom. The van der Waals surface area contributed by atoms with Crippen molar-refractivity contribution >= 4 is 21.7 Å². The van der Waals surface area contributed by atoms with Crippen LogP contribution in [0.1, 0.15) is 31.7 Å². The predicted molar refractivity (Wildman–Crippen MR) is 80.1 cm³/mol. The van der Waals surface area contributed by atoms with Gasteiger partial charge in [0.15, 0.2) is 0 Å². The van der Waals surface area contributed by atoms with Gasteiger partial charge in [-0.3, -0.25) is 0 Å². The minimum atomic E-state index is -4.32. The zero-order chi connectivity index (χ0) is 16.3. The minimum absolute atomic E-state index is 0.0109. The molecule has 0 aliphatic carbocycles. The van der Waals surface area contributed by atoms with Crippen molar-refractivity contribution in [2.45, 2.75) is 32.4 Å². The van der Waals surface area contributed by atoms with Crippen LogP contribution in [0.3, 0.4) is 0 Å². The summed E-state index contributed by atoms with van der Waals surface area (Å²) in [5, 5.41) is 6.36. The maximum Gasteiger partial charge on any atom is 0.405 e. The Balaban J connectivity index is 2.45. The zero-order valence-electron chi connectivity index (χ0n) is 12.0. The van der Waals surface area contributed by atoms with Gasteiger partial charge in [-0.2, -0.15) is 23.3 Å². The second-order valence-corrected chi connectivity index (χ2v) is 5.56. The second kappa shape index (κ2) is 6.64. The quantitative estimate of drug-likeness (QED) is 0.802. The number of hydrogen-bond acceptors (Lipinski definition) is 4. The van der Waals surface area contributed by atoms with Crippen molar-refractivity contribution in [2.75, 3.05) is 11.9 Å². The Morgan fingerprint density at radius 3 is 2.64 bits per heavy atom. The third-order valence-corrected chi connectivity index (χ3v) is 3.76. The maximum absolute atomic E-state index is 12.5. The molecule has 0 saturated carbocycles. The van der Waals surface area contributed by atoms with E-state index in [1.807, 2.05) is 13.8 Å². The summed E-state index contributed by atoms with van der Waals surface area (Å²) in [6.07, 6.45) is -0.402. The van der Waals surface area contributed by atoms with E-state index in [1.54, 1.807) is 18.5 Å². The van der Waals surface area contributed by atoms with Gasteiger partial charge in [-0.25, -0.2) is 9.67 Å². The summed E-state index contributed by atoms with van der Waals surface area (Å²) in [4.78, 5) is 8.47. The molecule has 2 aromatic rings. The average Bonchev–Trinajstić information content (AvgIpc) is 2.97. The van der Waals surface area contributed by atoms with E-state index in [0.717, 1.165) is 6.42 Å². The van der Waals surface area contributed by atoms with Crippen molar-refractivity contribution in [2.24, 2.45) is 0 Å². The summed E-state index contributed by atoms with van der Waals surface area (Å²) < 4.78 is 39.3. The highest BCUT2D eigenvalue weighted by Crippen LogP contribution is 2.32. The van der Waals surface area contributed by atoms with Gasteiger partial charge in [-0.15, -0.1) is 0 Å². The van der Waals surface area contributed by atoms with Gasteiger partial charge >= 0.3 is 6.18 Å². The van der Waals surface area contributed by atoms with E-state index < -0.39 is 12.7 Å². The summed E-state index contributed by atoms with van der Waals surface area (Å²) in [5.74, 6) is 0.379. The third kappa shape index (κ3) is 3.96. The number of anilines is 1. The Hall–Kier alpha value is -1.64. The molecule has 2 rings (SSSR count). The van der Waals surface area contributed by atoms with Gasteiger partial charge in [0, 0.05) is 18.0 Å². The fourth-order valence-corrected chi connectivity index (χ4v) is 2.62. The molecule has 1 atom stereocenters. The first-order valence-corrected chi connectivity index (χ1v) is 7.49. The molecule has 1 N–H and O–H groups in total. The normalized spacial score (nSPS) is 13.2. The number of hydrogen-bond donors (Lipinski definition) is 1. The third-order valence-electron chi connectivity index (χ3n) is 3.16. The van der Waals surface area contributed by atoms with Gasteiger partial charge in [-0.05, 0) is 34.3 Å². The summed E-state index contributed by atoms with van der Waals surface area (Å²) >= 11 is 3.33. The first-order valence-electron chi connectivity index (χ1n) is 6.70. The Morgan fingerprint density at radius 1 is 1.36 bits per heavy atom. The second-order valence-electron chi connectivity index (χ2n) is 4.81. The molecule has 0 spiro atoms. The lowest BCUT2D eigenvalue weighted by Gasteiger charge is -2.18. The number of nitrogens with zero attached hydrogens (tertiary/aromatic N) is 4. The molecule has 0 fully saturated rings. The van der Waals surface area contributed by atoms with Crippen LogP contribution >= 0.6 is 15.9 Å². The maximum atomic E-state index is 12.5. The van der Waals surface area contributed by atoms with Crippen LogP contribution in [0.5, 0.6) is 0 Å². The van der Waals surface area contributed by atoms with E-state index in [-0.39, 0.29) is 17.7 Å². The van der Waals surface area contributed by atoms with Gasteiger partial charge in [0.05, 0.1) is 0 Å². The molecular weight excluding hydrogens is 363 g/mol. The standard InChI is InChI=1S/C13H15BrF3N5/c1-3-8(2)9-10(14)20-12(22-6-4-5-19-22)21-11(9)18-7-13(15,16)17/h4-6,8H,3,7H2,1-2H3,(H,18,20,21). The van der Waals surface area contributed by atoms with Gasteiger partial charge in [0.25, 0.3) is 5.95 Å². The van der Waals surface area contributed by atoms with Gasteiger partial charge < -0.3 is 5.32 Å². The molecule has 0 bridgehead atoms. The Bertz CT molecular complexity index is 627. The van der Waals surface area contributed by atoms with E-state index in [0.29, 0.717) is 10.2 Å². The Labute approximate surface area is 134 Å². The molecule has 0 radical (unpaired) electrons. The summed E-state index contributed by atoms with van der Waals surface area (Å²) in [7, 11) is 0. The lowest BCUT2D eigenvalue weighted by Crippen LogP contribution is -2.23. The lowest BCUT2D eigenvalue weighted by atomic mass is 10.0. The molecule has 9 heteroatoms. The topological polar surface area (TPSA) is 55.6 Å². The number of halogens is 4. The fourth-order valence-electron chi connectivity index (χ4n) is 1.88. The van der Waals surface area contributed by atoms with Crippen LogP contribution in [0.15, 0.2) is 23.1 Å². The van der Waals surface area contributed by atoms with Gasteiger partial charge in [0.2, 0.25) is 0 Å². The highest BCUT2D eigenvalue weighted by atomic mass is 79.9. The monoisotopic (exact) mass is 377 g/mol. The minimum Gasteiger partial charge on any atom is -0.361 e. The molecule has 0 amide bonds. The van der Waals surface area contributed by atoms with Crippen molar-refractivity contribution in [3.63, 3.8) is 0 Å². The molecule has 22 heavy (non-hydrogen) atoms. The van der Waals surface area contributed by atoms with Crippen molar-refractivity contribution in [3.8, 4) is 5.95 Å². The van der Waals surface area contributed by atoms with Crippen molar-refractivity contribution in [3.05, 3.63) is 28.6 Å². The largest absolute Gasteiger partial charge is 0.405 e. The van der Waals surface area contributed by atoms with Gasteiger partial charge in [-0.1, -0.05) is 13.8 Å². The highest BCUT2D eigenvalue weighted by molar-refractivity contribution is 9.10. The predicted octanol–water partition coefficient (Wildman–Crippen LogP) is 3.91. The highest BCUT2D eigenvalue weighted by Gasteiger charge is 2.28. The van der Waals surface area contributed by atoms with Crippen molar-refractivity contribution in [1.29, 1.82) is 0 Å². The van der Waals surface area contributed by atoms with Crippen LogP contribution in [-0.4, -0.2) is 32.5 Å². The van der Waals surface area contributed by atoms with E-state index in [2.05, 4.69) is 36.3 Å². The molecule has 0 aliphatic heterocycles. The molecule has 2 aromatic heterocycles. The smallest absolute Gasteiger partial charge is 0.361 e. The summed E-state index contributed by atoms with van der Waals surface area (Å²) in [5.41, 5.74) is 0.627. The molecule has 5 nitrogen and oxygen atoms in total. The molecule has 2 heterocycles. The average molecular weight is 378 g/mol. The van der Waals surface area contributed by atoms with Crippen LogP contribution in [-0.2, 0) is 0 Å². The number of alkyl halides is 3. The first kappa shape index (κ1) is 16.7. The molecule has 0 saturated heterocycles. The van der Waals surface area contributed by atoms with Gasteiger partial charge in [0.1, 0.15) is 17.0 Å². The molecule has 0 aliphatic rings. The number of nitrogens with one attached hydrogen (secondary N) is 1. The number of aromatic nitrogens is 4. The van der Waals surface area contributed by atoms with Crippen molar-refractivity contribution < 1.29 is 13.2 Å².